The van der Waals surface area contributed by atoms with E-state index in [4.69, 9.17) is 9.47 Å². The van der Waals surface area contributed by atoms with Crippen LogP contribution < -0.4 is 0 Å². The Bertz CT molecular complexity index is 571. The van der Waals surface area contributed by atoms with Gasteiger partial charge in [0.15, 0.2) is 0 Å². The van der Waals surface area contributed by atoms with Crippen LogP contribution in [0.25, 0.3) is 0 Å². The number of aliphatic hydroxyl groups excluding tert-OH is 1. The summed E-state index contributed by atoms with van der Waals surface area (Å²) >= 11 is 0. The highest BCUT2D eigenvalue weighted by atomic mass is 16.6. The number of rotatable bonds is 34. The lowest BCUT2D eigenvalue weighted by molar-refractivity contribution is -0.152. The fraction of sp³-hybridized carbons (Fsp3) is 0.944. The Morgan fingerprint density at radius 3 is 1.10 bits per heavy atom. The van der Waals surface area contributed by atoms with Crippen molar-refractivity contribution in [2.75, 3.05) is 39.5 Å². The van der Waals surface area contributed by atoms with Crippen LogP contribution in [0, 0.1) is 0 Å². The zero-order chi connectivity index (χ0) is 30.8. The minimum Gasteiger partial charge on any atom is -0.462 e. The molecule has 0 unspecified atom stereocenters. The molecule has 42 heavy (non-hydrogen) atoms. The third-order valence-electron chi connectivity index (χ3n) is 8.19. The van der Waals surface area contributed by atoms with Gasteiger partial charge in [-0.15, -0.1) is 0 Å². The van der Waals surface area contributed by atoms with Gasteiger partial charge < -0.3 is 19.5 Å². The Labute approximate surface area is 261 Å². The van der Waals surface area contributed by atoms with Crippen molar-refractivity contribution in [3.8, 4) is 0 Å². The summed E-state index contributed by atoms with van der Waals surface area (Å²) in [6.07, 6.45) is 30.7. The molecule has 0 saturated carbocycles. The highest BCUT2D eigenvalue weighted by Gasteiger charge is 2.07. The Balaban J connectivity index is 3.50. The zero-order valence-electron chi connectivity index (χ0n) is 28.2. The number of hydrogen-bond acceptors (Lipinski definition) is 6. The summed E-state index contributed by atoms with van der Waals surface area (Å²) < 4.78 is 10.4. The molecule has 250 valence electrons. The van der Waals surface area contributed by atoms with E-state index >= 15 is 0 Å². The molecule has 0 aliphatic rings. The van der Waals surface area contributed by atoms with Crippen LogP contribution in [0.5, 0.6) is 0 Å². The molecule has 0 aromatic carbocycles. The molecule has 1 N–H and O–H groups in total. The molecule has 0 aliphatic carbocycles. The smallest absolute Gasteiger partial charge is 0.305 e. The molecule has 6 heteroatoms. The summed E-state index contributed by atoms with van der Waals surface area (Å²) in [5.74, 6) is -0.376. The van der Waals surface area contributed by atoms with E-state index in [9.17, 15) is 14.7 Å². The molecule has 0 spiro atoms. The van der Waals surface area contributed by atoms with Crippen LogP contribution in [0.15, 0.2) is 0 Å². The minimum atomic E-state index is -0.190. The quantitative estimate of drug-likeness (QED) is 0.0588. The average molecular weight is 598 g/mol. The molecule has 6 nitrogen and oxygen atoms in total. The predicted molar refractivity (Wildman–Crippen MR) is 177 cm³/mol. The van der Waals surface area contributed by atoms with Gasteiger partial charge in [0.2, 0.25) is 0 Å². The van der Waals surface area contributed by atoms with Crippen molar-refractivity contribution >= 4 is 11.9 Å². The lowest BCUT2D eigenvalue weighted by atomic mass is 10.1. The molecular formula is C36H71NO5. The fourth-order valence-corrected chi connectivity index (χ4v) is 5.47. The Morgan fingerprint density at radius 2 is 0.762 bits per heavy atom. The van der Waals surface area contributed by atoms with E-state index in [1.165, 1.54) is 122 Å². The van der Waals surface area contributed by atoms with E-state index in [0.29, 0.717) is 12.8 Å². The van der Waals surface area contributed by atoms with Crippen LogP contribution in [0.3, 0.4) is 0 Å². The number of aliphatic hydroxyl groups is 1. The Kier molecular flexibility index (Phi) is 33.4. The molecule has 0 radical (unpaired) electrons. The van der Waals surface area contributed by atoms with Crippen molar-refractivity contribution in [2.45, 2.75) is 181 Å². The summed E-state index contributed by atoms with van der Waals surface area (Å²) in [5.41, 5.74) is 0. The van der Waals surface area contributed by atoms with Gasteiger partial charge in [0.05, 0.1) is 6.61 Å². The number of nitrogens with zero attached hydrogens (tertiary/aromatic N) is 1. The number of hydrogen-bond donors (Lipinski definition) is 1. The van der Waals surface area contributed by atoms with Gasteiger partial charge in [-0.25, -0.2) is 0 Å². The first kappa shape index (κ1) is 40.9. The summed E-state index contributed by atoms with van der Waals surface area (Å²) in [4.78, 5) is 26.1. The van der Waals surface area contributed by atoms with Gasteiger partial charge in [0.1, 0.15) is 13.2 Å². The van der Waals surface area contributed by atoms with Crippen LogP contribution in [-0.4, -0.2) is 61.4 Å². The minimum absolute atomic E-state index is 0.161. The summed E-state index contributed by atoms with van der Waals surface area (Å²) in [6.45, 7) is 8.08. The molecule has 0 aromatic rings. The Morgan fingerprint density at radius 1 is 0.452 bits per heavy atom. The lowest BCUT2D eigenvalue weighted by Crippen LogP contribution is -2.29. The maximum absolute atomic E-state index is 11.9. The second-order valence-electron chi connectivity index (χ2n) is 12.3. The summed E-state index contributed by atoms with van der Waals surface area (Å²) in [6, 6.07) is 0. The molecule has 0 saturated heterocycles. The lowest BCUT2D eigenvalue weighted by Gasteiger charge is -2.21. The van der Waals surface area contributed by atoms with E-state index in [2.05, 4.69) is 18.7 Å². The van der Waals surface area contributed by atoms with Gasteiger partial charge in [0, 0.05) is 19.4 Å². The maximum Gasteiger partial charge on any atom is 0.305 e. The highest BCUT2D eigenvalue weighted by molar-refractivity contribution is 5.70. The number of unbranched alkanes of at least 4 members (excludes halogenated alkanes) is 21. The maximum atomic E-state index is 11.9. The van der Waals surface area contributed by atoms with Crippen LogP contribution in [0.2, 0.25) is 0 Å². The summed E-state index contributed by atoms with van der Waals surface area (Å²) in [7, 11) is 0. The molecule has 0 fully saturated rings. The van der Waals surface area contributed by atoms with Crippen LogP contribution in [0.4, 0.5) is 0 Å². The SMILES string of the molecule is CCCCCCCCCCCCN(CCO)CCCCCCCCCC(=O)OCCOC(=O)CCCCCCCCC. The second kappa shape index (κ2) is 34.4. The third-order valence-corrected chi connectivity index (χ3v) is 8.19. The monoisotopic (exact) mass is 598 g/mol. The first-order valence-corrected chi connectivity index (χ1v) is 18.3. The van der Waals surface area contributed by atoms with Crippen LogP contribution in [-0.2, 0) is 19.1 Å². The fourth-order valence-electron chi connectivity index (χ4n) is 5.47. The van der Waals surface area contributed by atoms with E-state index in [-0.39, 0.29) is 31.8 Å². The number of carbonyl (C=O) groups excluding carboxylic acids is 2. The van der Waals surface area contributed by atoms with Gasteiger partial charge in [-0.3, -0.25) is 9.59 Å². The topological polar surface area (TPSA) is 76.1 Å². The van der Waals surface area contributed by atoms with Crippen molar-refractivity contribution in [1.29, 1.82) is 0 Å². The van der Waals surface area contributed by atoms with Gasteiger partial charge in [-0.1, -0.05) is 142 Å². The van der Waals surface area contributed by atoms with Gasteiger partial charge in [0.25, 0.3) is 0 Å². The molecule has 0 atom stereocenters. The van der Waals surface area contributed by atoms with Crippen LogP contribution in [0.1, 0.15) is 181 Å². The first-order chi connectivity index (χ1) is 20.6. The summed E-state index contributed by atoms with van der Waals surface area (Å²) in [5, 5.41) is 9.41. The number of ether oxygens (including phenoxy) is 2. The van der Waals surface area contributed by atoms with Gasteiger partial charge in [-0.05, 0) is 38.8 Å². The normalized spacial score (nSPS) is 11.3. The van der Waals surface area contributed by atoms with Gasteiger partial charge in [-0.2, -0.15) is 0 Å². The molecule has 0 rings (SSSR count). The van der Waals surface area contributed by atoms with E-state index in [0.717, 1.165) is 51.7 Å². The van der Waals surface area contributed by atoms with Crippen molar-refractivity contribution in [3.63, 3.8) is 0 Å². The Hall–Kier alpha value is -1.14. The van der Waals surface area contributed by atoms with Crippen LogP contribution >= 0.6 is 0 Å². The van der Waals surface area contributed by atoms with Gasteiger partial charge >= 0.3 is 11.9 Å². The molecule has 0 aromatic heterocycles. The number of carbonyl (C=O) groups is 2. The van der Waals surface area contributed by atoms with Crippen molar-refractivity contribution in [2.24, 2.45) is 0 Å². The molecule has 0 bridgehead atoms. The van der Waals surface area contributed by atoms with E-state index in [1.54, 1.807) is 0 Å². The van der Waals surface area contributed by atoms with E-state index < -0.39 is 0 Å². The first-order valence-electron chi connectivity index (χ1n) is 18.3. The standard InChI is InChI=1S/C36H71NO5/c1-3-5-7-9-11-12-13-17-21-25-29-37(31-32-38)30-26-22-18-14-16-20-24-28-36(40)42-34-33-41-35(39)27-23-19-15-10-8-6-4-2/h38H,3-34H2,1-2H3. The molecular weight excluding hydrogens is 526 g/mol. The second-order valence-corrected chi connectivity index (χ2v) is 12.3. The van der Waals surface area contributed by atoms with Crippen molar-refractivity contribution < 1.29 is 24.2 Å². The molecule has 0 aliphatic heterocycles. The van der Waals surface area contributed by atoms with Crippen molar-refractivity contribution in [1.82, 2.24) is 4.90 Å². The average Bonchev–Trinajstić information content (AvgIpc) is 2.98. The highest BCUT2D eigenvalue weighted by Crippen LogP contribution is 2.13. The zero-order valence-corrected chi connectivity index (χ0v) is 28.2. The predicted octanol–water partition coefficient (Wildman–Crippen LogP) is 9.55. The van der Waals surface area contributed by atoms with Crippen molar-refractivity contribution in [3.05, 3.63) is 0 Å². The third kappa shape index (κ3) is 31.8. The largest absolute Gasteiger partial charge is 0.462 e. The number of esters is 2. The van der Waals surface area contributed by atoms with E-state index in [1.807, 2.05) is 0 Å². The molecule has 0 heterocycles. The molecule has 0 amide bonds.